The van der Waals surface area contributed by atoms with E-state index in [2.05, 4.69) is 15.3 Å². The van der Waals surface area contributed by atoms with Gasteiger partial charge in [0.25, 0.3) is 0 Å². The Hall–Kier alpha value is -2.38. The van der Waals surface area contributed by atoms with Crippen LogP contribution in [0.25, 0.3) is 0 Å². The summed E-state index contributed by atoms with van der Waals surface area (Å²) < 4.78 is 52.5. The molecule has 4 nitrogen and oxygen atoms in total. The summed E-state index contributed by atoms with van der Waals surface area (Å²) in [7, 11) is 0. The minimum atomic E-state index is -1.56. The molecule has 3 N–H and O–H groups in total. The first-order chi connectivity index (χ1) is 8.50. The van der Waals surface area contributed by atoms with Crippen LogP contribution in [-0.4, -0.2) is 9.97 Å². The van der Waals surface area contributed by atoms with Crippen molar-refractivity contribution in [3.63, 3.8) is 0 Å². The zero-order valence-corrected chi connectivity index (χ0v) is 8.72. The van der Waals surface area contributed by atoms with Gasteiger partial charge >= 0.3 is 0 Å². The SMILES string of the molecule is Nc1cncnc1Nc1c(F)c(F)cc(F)c1F. The second-order valence-electron chi connectivity index (χ2n) is 3.29. The van der Waals surface area contributed by atoms with Crippen molar-refractivity contribution in [1.29, 1.82) is 0 Å². The third-order valence-corrected chi connectivity index (χ3v) is 2.10. The molecular formula is C10H6F4N4. The van der Waals surface area contributed by atoms with Gasteiger partial charge in [0.2, 0.25) is 0 Å². The molecule has 2 rings (SSSR count). The van der Waals surface area contributed by atoms with Crippen LogP contribution in [0.5, 0.6) is 0 Å². The molecule has 2 aromatic rings. The first-order valence-corrected chi connectivity index (χ1v) is 4.66. The second-order valence-corrected chi connectivity index (χ2v) is 3.29. The molecule has 18 heavy (non-hydrogen) atoms. The fraction of sp³-hybridized carbons (Fsp3) is 0. The summed E-state index contributed by atoms with van der Waals surface area (Å²) in [6, 6.07) is 0.110. The highest BCUT2D eigenvalue weighted by molar-refractivity contribution is 5.68. The summed E-state index contributed by atoms with van der Waals surface area (Å²) in [4.78, 5) is 7.14. The highest BCUT2D eigenvalue weighted by Crippen LogP contribution is 2.28. The average Bonchev–Trinajstić information content (AvgIpc) is 2.34. The second kappa shape index (κ2) is 4.47. The molecule has 1 aromatic heterocycles. The van der Waals surface area contributed by atoms with Crippen LogP contribution in [-0.2, 0) is 0 Å². The monoisotopic (exact) mass is 258 g/mol. The van der Waals surface area contributed by atoms with Crippen molar-refractivity contribution in [2.45, 2.75) is 0 Å². The maximum atomic E-state index is 13.3. The lowest BCUT2D eigenvalue weighted by Crippen LogP contribution is -2.06. The zero-order chi connectivity index (χ0) is 13.3. The predicted octanol–water partition coefficient (Wildman–Crippen LogP) is 2.36. The van der Waals surface area contributed by atoms with Crippen molar-refractivity contribution >= 4 is 17.2 Å². The number of nitrogen functional groups attached to an aromatic ring is 1. The molecule has 94 valence electrons. The largest absolute Gasteiger partial charge is 0.394 e. The van der Waals surface area contributed by atoms with E-state index in [1.54, 1.807) is 0 Å². The highest BCUT2D eigenvalue weighted by Gasteiger charge is 2.20. The third-order valence-electron chi connectivity index (χ3n) is 2.10. The Kier molecular flexibility index (Phi) is 3.00. The van der Waals surface area contributed by atoms with Gasteiger partial charge in [-0.05, 0) is 0 Å². The maximum Gasteiger partial charge on any atom is 0.185 e. The molecule has 0 spiro atoms. The molecule has 0 radical (unpaired) electrons. The molecule has 0 amide bonds. The standard InChI is InChI=1S/C10H6F4N4/c11-4-1-5(12)8(14)9(7(4)13)18-10-6(15)2-16-3-17-10/h1-3H,15H2,(H,16,17,18). The number of halogens is 4. The van der Waals surface area contributed by atoms with Crippen molar-refractivity contribution in [3.05, 3.63) is 41.9 Å². The van der Waals surface area contributed by atoms with Gasteiger partial charge in [-0.15, -0.1) is 0 Å². The number of benzene rings is 1. The van der Waals surface area contributed by atoms with Crippen molar-refractivity contribution in [2.24, 2.45) is 0 Å². The summed E-state index contributed by atoms with van der Waals surface area (Å²) >= 11 is 0. The van der Waals surface area contributed by atoms with E-state index in [-0.39, 0.29) is 17.6 Å². The molecule has 0 saturated heterocycles. The summed E-state index contributed by atoms with van der Waals surface area (Å²) in [5.74, 6) is -6.33. The molecule has 0 aliphatic rings. The maximum absolute atomic E-state index is 13.3. The van der Waals surface area contributed by atoms with Crippen LogP contribution in [0, 0.1) is 23.3 Å². The van der Waals surface area contributed by atoms with Gasteiger partial charge in [-0.2, -0.15) is 0 Å². The number of nitrogens with zero attached hydrogens (tertiary/aromatic N) is 2. The van der Waals surface area contributed by atoms with Gasteiger partial charge in [-0.25, -0.2) is 27.5 Å². The Labute approximate surface area is 98.5 Å². The first-order valence-electron chi connectivity index (χ1n) is 4.66. The van der Waals surface area contributed by atoms with Gasteiger partial charge in [-0.1, -0.05) is 0 Å². The fourth-order valence-electron chi connectivity index (χ4n) is 1.25. The molecule has 0 bridgehead atoms. The van der Waals surface area contributed by atoms with E-state index in [1.807, 2.05) is 0 Å². The lowest BCUT2D eigenvalue weighted by Gasteiger charge is -2.10. The Morgan fingerprint density at radius 3 is 2.22 bits per heavy atom. The van der Waals surface area contributed by atoms with Crippen LogP contribution in [0.15, 0.2) is 18.6 Å². The van der Waals surface area contributed by atoms with Crippen LogP contribution >= 0.6 is 0 Å². The molecule has 0 fully saturated rings. The Morgan fingerprint density at radius 2 is 1.67 bits per heavy atom. The average molecular weight is 258 g/mol. The van der Waals surface area contributed by atoms with E-state index < -0.39 is 29.0 Å². The summed E-state index contributed by atoms with van der Waals surface area (Å²) in [6.07, 6.45) is 2.23. The number of aromatic nitrogens is 2. The number of rotatable bonds is 2. The molecule has 0 unspecified atom stereocenters. The molecule has 0 aliphatic carbocycles. The number of nitrogens with two attached hydrogens (primary N) is 1. The van der Waals surface area contributed by atoms with Crippen molar-refractivity contribution in [2.75, 3.05) is 11.1 Å². The first kappa shape index (κ1) is 12.1. The van der Waals surface area contributed by atoms with Crippen LogP contribution in [0.1, 0.15) is 0 Å². The van der Waals surface area contributed by atoms with E-state index in [0.29, 0.717) is 0 Å². The Bertz CT molecular complexity index is 576. The van der Waals surface area contributed by atoms with E-state index in [0.717, 1.165) is 6.33 Å². The highest BCUT2D eigenvalue weighted by atomic mass is 19.2. The summed E-state index contributed by atoms with van der Waals surface area (Å²) in [5, 5.41) is 2.08. The van der Waals surface area contributed by atoms with Gasteiger partial charge in [-0.3, -0.25) is 0 Å². The van der Waals surface area contributed by atoms with Gasteiger partial charge in [0.05, 0.1) is 11.9 Å². The van der Waals surface area contributed by atoms with Crippen molar-refractivity contribution in [3.8, 4) is 0 Å². The zero-order valence-electron chi connectivity index (χ0n) is 8.72. The predicted molar refractivity (Wildman–Crippen MR) is 56.0 cm³/mol. The molecule has 0 saturated carbocycles. The van der Waals surface area contributed by atoms with E-state index in [4.69, 9.17) is 5.73 Å². The number of anilines is 3. The molecule has 1 heterocycles. The topological polar surface area (TPSA) is 63.8 Å². The number of nitrogens with one attached hydrogen (secondary N) is 1. The summed E-state index contributed by atoms with van der Waals surface area (Å²) in [6.45, 7) is 0. The lowest BCUT2D eigenvalue weighted by atomic mass is 10.2. The number of hydrogen-bond donors (Lipinski definition) is 2. The van der Waals surface area contributed by atoms with E-state index in [9.17, 15) is 17.6 Å². The van der Waals surface area contributed by atoms with Crippen LogP contribution in [0.4, 0.5) is 34.8 Å². The minimum Gasteiger partial charge on any atom is -0.394 e. The fourth-order valence-corrected chi connectivity index (χ4v) is 1.25. The number of hydrogen-bond acceptors (Lipinski definition) is 4. The normalized spacial score (nSPS) is 10.4. The van der Waals surface area contributed by atoms with Gasteiger partial charge < -0.3 is 11.1 Å². The van der Waals surface area contributed by atoms with Crippen LogP contribution in [0.3, 0.4) is 0 Å². The third kappa shape index (κ3) is 2.04. The summed E-state index contributed by atoms with van der Waals surface area (Å²) in [5.41, 5.74) is 4.40. The van der Waals surface area contributed by atoms with Crippen molar-refractivity contribution < 1.29 is 17.6 Å². The quantitative estimate of drug-likeness (QED) is 0.641. The van der Waals surface area contributed by atoms with Gasteiger partial charge in [0, 0.05) is 6.07 Å². The van der Waals surface area contributed by atoms with Crippen LogP contribution < -0.4 is 11.1 Å². The van der Waals surface area contributed by atoms with Crippen LogP contribution in [0.2, 0.25) is 0 Å². The van der Waals surface area contributed by atoms with Gasteiger partial charge in [0.15, 0.2) is 29.1 Å². The Morgan fingerprint density at radius 1 is 1.06 bits per heavy atom. The molecule has 1 aromatic carbocycles. The van der Waals surface area contributed by atoms with E-state index >= 15 is 0 Å². The minimum absolute atomic E-state index is 0.0269. The molecule has 0 atom stereocenters. The van der Waals surface area contributed by atoms with Gasteiger partial charge in [0.1, 0.15) is 12.0 Å². The molecular weight excluding hydrogens is 252 g/mol. The molecule has 8 heteroatoms. The Balaban J connectivity index is 2.50. The van der Waals surface area contributed by atoms with E-state index in [1.165, 1.54) is 6.20 Å². The van der Waals surface area contributed by atoms with Crippen molar-refractivity contribution in [1.82, 2.24) is 9.97 Å². The molecule has 0 aliphatic heterocycles. The smallest absolute Gasteiger partial charge is 0.185 e. The lowest BCUT2D eigenvalue weighted by molar-refractivity contribution is 0.459.